The molecule has 3 aromatic rings. The summed E-state index contributed by atoms with van der Waals surface area (Å²) in [5.74, 6) is -1.22. The van der Waals surface area contributed by atoms with E-state index >= 15 is 0 Å². The Labute approximate surface area is 137 Å². The molecule has 0 saturated heterocycles. The van der Waals surface area contributed by atoms with Gasteiger partial charge in [0.2, 0.25) is 0 Å². The summed E-state index contributed by atoms with van der Waals surface area (Å²) in [4.78, 5) is 22.3. The van der Waals surface area contributed by atoms with Gasteiger partial charge in [-0.15, -0.1) is 5.10 Å². The average Bonchev–Trinajstić information content (AvgIpc) is 2.98. The maximum absolute atomic E-state index is 11.9. The fourth-order valence-electron chi connectivity index (χ4n) is 2.35. The third kappa shape index (κ3) is 3.57. The smallest absolute Gasteiger partial charge is 0.305 e. The fourth-order valence-corrected chi connectivity index (χ4v) is 2.35. The third-order valence-electron chi connectivity index (χ3n) is 3.59. The summed E-state index contributed by atoms with van der Waals surface area (Å²) >= 11 is 0. The predicted octanol–water partition coefficient (Wildman–Crippen LogP) is 1.68. The Balaban J connectivity index is 1.66. The molecule has 3 rings (SSSR count). The van der Waals surface area contributed by atoms with Crippen molar-refractivity contribution in [3.05, 3.63) is 59.7 Å². The average molecular weight is 324 g/mol. The number of nitrogens with one attached hydrogen (secondary N) is 1. The van der Waals surface area contributed by atoms with Gasteiger partial charge in [0.1, 0.15) is 5.52 Å². The minimum Gasteiger partial charge on any atom is -0.481 e. The number of carbonyl (C=O) groups excluding carboxylic acids is 1. The highest BCUT2D eigenvalue weighted by Gasteiger charge is 2.07. The molecular weight excluding hydrogens is 308 g/mol. The lowest BCUT2D eigenvalue weighted by Gasteiger charge is -2.06. The molecule has 1 aromatic heterocycles. The Morgan fingerprint density at radius 3 is 2.58 bits per heavy atom. The molecule has 1 heterocycles. The van der Waals surface area contributed by atoms with Crippen molar-refractivity contribution in [2.75, 3.05) is 6.54 Å². The van der Waals surface area contributed by atoms with E-state index in [-0.39, 0.29) is 18.9 Å². The van der Waals surface area contributed by atoms with Crippen molar-refractivity contribution in [3.8, 4) is 0 Å². The Kier molecular flexibility index (Phi) is 4.51. The van der Waals surface area contributed by atoms with Crippen molar-refractivity contribution < 1.29 is 14.7 Å². The van der Waals surface area contributed by atoms with Gasteiger partial charge in [0.05, 0.1) is 18.5 Å². The van der Waals surface area contributed by atoms with Gasteiger partial charge in [0.15, 0.2) is 0 Å². The summed E-state index contributed by atoms with van der Waals surface area (Å²) in [7, 11) is 0. The van der Waals surface area contributed by atoms with E-state index < -0.39 is 5.97 Å². The van der Waals surface area contributed by atoms with E-state index in [1.54, 1.807) is 16.8 Å². The Morgan fingerprint density at radius 2 is 1.83 bits per heavy atom. The first kappa shape index (κ1) is 15.7. The second-order valence-electron chi connectivity index (χ2n) is 5.33. The number of amides is 1. The minimum atomic E-state index is -0.939. The van der Waals surface area contributed by atoms with Gasteiger partial charge < -0.3 is 10.4 Å². The third-order valence-corrected chi connectivity index (χ3v) is 3.59. The molecule has 0 spiro atoms. The zero-order chi connectivity index (χ0) is 16.9. The molecule has 7 nitrogen and oxygen atoms in total. The lowest BCUT2D eigenvalue weighted by atomic mass is 10.1. The van der Waals surface area contributed by atoms with Gasteiger partial charge in [-0.05, 0) is 29.8 Å². The van der Waals surface area contributed by atoms with Crippen LogP contribution in [0.3, 0.4) is 0 Å². The van der Waals surface area contributed by atoms with E-state index in [0.29, 0.717) is 12.1 Å². The van der Waals surface area contributed by atoms with Gasteiger partial charge in [-0.25, -0.2) is 4.68 Å². The Bertz CT molecular complexity index is 871. The zero-order valence-corrected chi connectivity index (χ0v) is 12.8. The number of benzene rings is 2. The van der Waals surface area contributed by atoms with Crippen molar-refractivity contribution in [2.45, 2.75) is 13.0 Å². The first-order valence-corrected chi connectivity index (χ1v) is 7.50. The van der Waals surface area contributed by atoms with Crippen LogP contribution >= 0.6 is 0 Å². The first-order chi connectivity index (χ1) is 11.6. The summed E-state index contributed by atoms with van der Waals surface area (Å²) in [5, 5.41) is 19.4. The zero-order valence-electron chi connectivity index (χ0n) is 12.8. The van der Waals surface area contributed by atoms with Crippen molar-refractivity contribution in [2.24, 2.45) is 0 Å². The summed E-state index contributed by atoms with van der Waals surface area (Å²) in [5.41, 5.74) is 3.28. The van der Waals surface area contributed by atoms with Gasteiger partial charge in [-0.1, -0.05) is 29.5 Å². The molecule has 24 heavy (non-hydrogen) atoms. The van der Waals surface area contributed by atoms with E-state index in [2.05, 4.69) is 15.6 Å². The maximum Gasteiger partial charge on any atom is 0.305 e. The molecule has 0 fully saturated rings. The summed E-state index contributed by atoms with van der Waals surface area (Å²) in [6.45, 7) is 0.669. The summed E-state index contributed by atoms with van der Waals surface area (Å²) in [6, 6.07) is 14.8. The molecule has 0 unspecified atom stereocenters. The van der Waals surface area contributed by atoms with E-state index in [0.717, 1.165) is 16.6 Å². The van der Waals surface area contributed by atoms with Gasteiger partial charge in [-0.3, -0.25) is 9.59 Å². The van der Waals surface area contributed by atoms with Crippen LogP contribution in [0.5, 0.6) is 0 Å². The van der Waals surface area contributed by atoms with E-state index in [4.69, 9.17) is 5.11 Å². The van der Waals surface area contributed by atoms with Crippen LogP contribution < -0.4 is 5.32 Å². The van der Waals surface area contributed by atoms with Gasteiger partial charge in [0, 0.05) is 12.1 Å². The first-order valence-electron chi connectivity index (χ1n) is 7.50. The standard InChI is InChI=1S/C17H16N4O3/c22-16(23)9-10-18-17(24)13-7-5-12(6-8-13)11-21-15-4-2-1-3-14(15)19-20-21/h1-8H,9-11H2,(H,18,24)(H,22,23). The van der Waals surface area contributed by atoms with E-state index in [1.165, 1.54) is 0 Å². The van der Waals surface area contributed by atoms with E-state index in [1.807, 2.05) is 36.4 Å². The number of para-hydroxylation sites is 1. The molecular formula is C17H16N4O3. The highest BCUT2D eigenvalue weighted by Crippen LogP contribution is 2.12. The molecule has 0 bridgehead atoms. The van der Waals surface area contributed by atoms with Crippen LogP contribution in [0.4, 0.5) is 0 Å². The van der Waals surface area contributed by atoms with Crippen LogP contribution in [0.15, 0.2) is 48.5 Å². The molecule has 0 aliphatic rings. The van der Waals surface area contributed by atoms with Crippen LogP contribution in [0.1, 0.15) is 22.3 Å². The highest BCUT2D eigenvalue weighted by molar-refractivity contribution is 5.94. The molecule has 2 N–H and O–H groups in total. The van der Waals surface area contributed by atoms with Gasteiger partial charge in [-0.2, -0.15) is 0 Å². The largest absolute Gasteiger partial charge is 0.481 e. The number of carbonyl (C=O) groups is 2. The van der Waals surface area contributed by atoms with Crippen LogP contribution in [0, 0.1) is 0 Å². The van der Waals surface area contributed by atoms with Crippen LogP contribution in [-0.2, 0) is 11.3 Å². The number of carboxylic acids is 1. The van der Waals surface area contributed by atoms with E-state index in [9.17, 15) is 9.59 Å². The summed E-state index contributed by atoms with van der Waals surface area (Å²) < 4.78 is 1.80. The lowest BCUT2D eigenvalue weighted by Crippen LogP contribution is -2.25. The number of aliphatic carboxylic acids is 1. The molecule has 122 valence electrons. The number of rotatable bonds is 6. The second kappa shape index (κ2) is 6.91. The molecule has 1 amide bonds. The number of carboxylic acid groups (broad SMARTS) is 1. The monoisotopic (exact) mass is 324 g/mol. The molecule has 0 atom stereocenters. The number of hydrogen-bond donors (Lipinski definition) is 2. The Hall–Kier alpha value is -3.22. The topological polar surface area (TPSA) is 97.1 Å². The van der Waals surface area contributed by atoms with Crippen molar-refractivity contribution in [1.82, 2.24) is 20.3 Å². The normalized spacial score (nSPS) is 10.7. The summed E-state index contributed by atoms with van der Waals surface area (Å²) in [6.07, 6.45) is -0.0941. The SMILES string of the molecule is O=C(O)CCNC(=O)c1ccc(Cn2nnc3ccccc32)cc1. The van der Waals surface area contributed by atoms with Crippen molar-refractivity contribution in [1.29, 1.82) is 0 Å². The molecule has 7 heteroatoms. The fraction of sp³-hybridized carbons (Fsp3) is 0.176. The quantitative estimate of drug-likeness (QED) is 0.719. The van der Waals surface area contributed by atoms with Gasteiger partial charge >= 0.3 is 5.97 Å². The highest BCUT2D eigenvalue weighted by atomic mass is 16.4. The number of aromatic nitrogens is 3. The number of nitrogens with zero attached hydrogens (tertiary/aromatic N) is 3. The Morgan fingerprint density at radius 1 is 1.08 bits per heavy atom. The minimum absolute atomic E-state index is 0.0941. The molecule has 0 saturated carbocycles. The molecule has 0 aliphatic carbocycles. The van der Waals surface area contributed by atoms with Crippen LogP contribution in [0.25, 0.3) is 11.0 Å². The molecule has 2 aromatic carbocycles. The second-order valence-corrected chi connectivity index (χ2v) is 5.33. The molecule has 0 radical (unpaired) electrons. The lowest BCUT2D eigenvalue weighted by molar-refractivity contribution is -0.136. The van der Waals surface area contributed by atoms with Crippen molar-refractivity contribution >= 4 is 22.9 Å². The maximum atomic E-state index is 11.9. The molecule has 0 aliphatic heterocycles. The van der Waals surface area contributed by atoms with Crippen molar-refractivity contribution in [3.63, 3.8) is 0 Å². The van der Waals surface area contributed by atoms with Gasteiger partial charge in [0.25, 0.3) is 5.91 Å². The predicted molar refractivity (Wildman–Crippen MR) is 87.7 cm³/mol. The number of hydrogen-bond acceptors (Lipinski definition) is 4. The number of fused-ring (bicyclic) bond motifs is 1. The van der Waals surface area contributed by atoms with Crippen LogP contribution in [0.2, 0.25) is 0 Å². The van der Waals surface area contributed by atoms with Crippen LogP contribution in [-0.4, -0.2) is 38.5 Å².